The fourth-order valence-corrected chi connectivity index (χ4v) is 3.27. The van der Waals surface area contributed by atoms with Crippen molar-refractivity contribution in [3.63, 3.8) is 0 Å². The van der Waals surface area contributed by atoms with E-state index in [9.17, 15) is 4.79 Å². The molecule has 2 aromatic rings. The van der Waals surface area contributed by atoms with E-state index < -0.39 is 0 Å². The topological polar surface area (TPSA) is 34.0 Å². The zero-order valence-electron chi connectivity index (χ0n) is 13.0. The van der Waals surface area contributed by atoms with Crippen molar-refractivity contribution in [1.29, 1.82) is 0 Å². The number of benzene rings is 1. The molecule has 0 bridgehead atoms. The van der Waals surface area contributed by atoms with Gasteiger partial charge < -0.3 is 9.88 Å². The quantitative estimate of drug-likeness (QED) is 0.897. The van der Waals surface area contributed by atoms with Crippen molar-refractivity contribution in [2.45, 2.75) is 50.6 Å². The summed E-state index contributed by atoms with van der Waals surface area (Å²) in [7, 11) is 0. The van der Waals surface area contributed by atoms with Crippen LogP contribution in [-0.4, -0.2) is 16.0 Å². The molecule has 0 aliphatic heterocycles. The number of rotatable bonds is 5. The van der Waals surface area contributed by atoms with Gasteiger partial charge in [0.25, 0.3) is 5.91 Å². The third-order valence-corrected chi connectivity index (χ3v) is 4.81. The molecule has 1 amide bonds. The van der Waals surface area contributed by atoms with Crippen LogP contribution in [0, 0.1) is 6.92 Å². The summed E-state index contributed by atoms with van der Waals surface area (Å²) in [6, 6.07) is 13.1. The number of carbonyl (C=O) groups is 1. The molecule has 0 unspecified atom stereocenters. The summed E-state index contributed by atoms with van der Waals surface area (Å²) in [5.74, 6) is 0.0852. The van der Waals surface area contributed by atoms with Gasteiger partial charge in [-0.1, -0.05) is 29.8 Å². The average Bonchev–Trinajstić information content (AvgIpc) is 3.40. The van der Waals surface area contributed by atoms with Crippen LogP contribution in [0.15, 0.2) is 42.6 Å². The summed E-state index contributed by atoms with van der Waals surface area (Å²) in [5.41, 5.74) is 3.39. The summed E-state index contributed by atoms with van der Waals surface area (Å²) < 4.78 is 2.14. The van der Waals surface area contributed by atoms with Crippen LogP contribution in [-0.2, 0) is 6.42 Å². The van der Waals surface area contributed by atoms with Crippen molar-refractivity contribution in [3.05, 3.63) is 59.4 Å². The number of hydrogen-bond donors (Lipinski definition) is 1. The number of nitrogens with zero attached hydrogens (tertiary/aromatic N) is 1. The van der Waals surface area contributed by atoms with E-state index in [1.807, 2.05) is 18.3 Å². The average molecular weight is 294 g/mol. The summed E-state index contributed by atoms with van der Waals surface area (Å²) in [6.45, 7) is 2.12. The zero-order valence-corrected chi connectivity index (χ0v) is 13.0. The smallest absolute Gasteiger partial charge is 0.268 e. The molecular weight excluding hydrogens is 272 g/mol. The van der Waals surface area contributed by atoms with E-state index >= 15 is 0 Å². The van der Waals surface area contributed by atoms with E-state index in [4.69, 9.17) is 0 Å². The lowest BCUT2D eigenvalue weighted by Crippen LogP contribution is -2.39. The fourth-order valence-electron chi connectivity index (χ4n) is 3.27. The van der Waals surface area contributed by atoms with Gasteiger partial charge in [-0.25, -0.2) is 0 Å². The summed E-state index contributed by atoms with van der Waals surface area (Å²) >= 11 is 0. The van der Waals surface area contributed by atoms with Gasteiger partial charge in [-0.3, -0.25) is 4.79 Å². The fraction of sp³-hybridized carbons (Fsp3) is 0.421. The molecule has 1 aromatic carbocycles. The van der Waals surface area contributed by atoms with Crippen LogP contribution < -0.4 is 5.32 Å². The van der Waals surface area contributed by atoms with Crippen LogP contribution in [0.3, 0.4) is 0 Å². The van der Waals surface area contributed by atoms with Gasteiger partial charge in [0.05, 0.1) is 0 Å². The molecule has 0 saturated heterocycles. The number of aryl methyl sites for hydroxylation is 1. The second kappa shape index (κ2) is 5.01. The highest BCUT2D eigenvalue weighted by atomic mass is 16.2. The van der Waals surface area contributed by atoms with Crippen molar-refractivity contribution in [1.82, 2.24) is 9.88 Å². The lowest BCUT2D eigenvalue weighted by Gasteiger charge is -2.18. The summed E-state index contributed by atoms with van der Waals surface area (Å²) in [6.07, 6.45) is 7.53. The maximum absolute atomic E-state index is 12.6. The monoisotopic (exact) mass is 294 g/mol. The van der Waals surface area contributed by atoms with Crippen molar-refractivity contribution in [3.8, 4) is 0 Å². The Kier molecular flexibility index (Phi) is 3.10. The van der Waals surface area contributed by atoms with Crippen molar-refractivity contribution < 1.29 is 4.79 Å². The third-order valence-electron chi connectivity index (χ3n) is 4.81. The SMILES string of the molecule is Cc1cccc(CC2(NC(=O)c3cccn3C3CC3)CC2)c1. The Morgan fingerprint density at radius 1 is 1.27 bits per heavy atom. The van der Waals surface area contributed by atoms with Gasteiger partial charge in [0.1, 0.15) is 5.69 Å². The molecule has 2 fully saturated rings. The van der Waals surface area contributed by atoms with Crippen LogP contribution in [0.25, 0.3) is 0 Å². The van der Waals surface area contributed by atoms with Crippen molar-refractivity contribution in [2.24, 2.45) is 0 Å². The minimum Gasteiger partial charge on any atom is -0.345 e. The molecule has 3 nitrogen and oxygen atoms in total. The van der Waals surface area contributed by atoms with Gasteiger partial charge in [0, 0.05) is 17.8 Å². The van der Waals surface area contributed by atoms with Crippen LogP contribution in [0.1, 0.15) is 53.3 Å². The molecule has 1 N–H and O–H groups in total. The van der Waals surface area contributed by atoms with Crippen LogP contribution in [0.5, 0.6) is 0 Å². The number of hydrogen-bond acceptors (Lipinski definition) is 1. The second-order valence-electron chi connectivity index (χ2n) is 6.93. The predicted molar refractivity (Wildman–Crippen MR) is 87.0 cm³/mol. The molecule has 2 aliphatic rings. The van der Waals surface area contributed by atoms with Crippen LogP contribution in [0.4, 0.5) is 0 Å². The van der Waals surface area contributed by atoms with Crippen molar-refractivity contribution >= 4 is 5.91 Å². The van der Waals surface area contributed by atoms with Gasteiger partial charge in [-0.05, 0) is 56.7 Å². The first-order valence-corrected chi connectivity index (χ1v) is 8.20. The molecule has 3 heteroatoms. The zero-order chi connectivity index (χ0) is 15.2. The second-order valence-corrected chi connectivity index (χ2v) is 6.93. The summed E-state index contributed by atoms with van der Waals surface area (Å²) in [4.78, 5) is 12.6. The van der Waals surface area contributed by atoms with E-state index in [0.717, 1.165) is 25.0 Å². The van der Waals surface area contributed by atoms with E-state index in [2.05, 4.69) is 41.1 Å². The molecule has 0 atom stereocenters. The highest BCUT2D eigenvalue weighted by Gasteiger charge is 2.44. The molecule has 114 valence electrons. The molecule has 0 spiro atoms. The minimum atomic E-state index is -0.0243. The van der Waals surface area contributed by atoms with Crippen LogP contribution in [0.2, 0.25) is 0 Å². The molecule has 1 heterocycles. The molecule has 0 radical (unpaired) electrons. The van der Waals surface area contributed by atoms with Gasteiger partial charge >= 0.3 is 0 Å². The van der Waals surface area contributed by atoms with Crippen LogP contribution >= 0.6 is 0 Å². The number of nitrogens with one attached hydrogen (secondary N) is 1. The Labute approximate surface area is 131 Å². The first-order valence-electron chi connectivity index (χ1n) is 8.20. The Balaban J connectivity index is 1.48. The normalized spacial score (nSPS) is 19.0. The van der Waals surface area contributed by atoms with Gasteiger partial charge in [-0.2, -0.15) is 0 Å². The van der Waals surface area contributed by atoms with Gasteiger partial charge in [0.15, 0.2) is 0 Å². The van der Waals surface area contributed by atoms with E-state index in [0.29, 0.717) is 6.04 Å². The van der Waals surface area contributed by atoms with Crippen molar-refractivity contribution in [2.75, 3.05) is 0 Å². The van der Waals surface area contributed by atoms with E-state index in [-0.39, 0.29) is 11.4 Å². The molecule has 2 saturated carbocycles. The lowest BCUT2D eigenvalue weighted by atomic mass is 10.0. The molecular formula is C19H22N2O. The summed E-state index contributed by atoms with van der Waals surface area (Å²) in [5, 5.41) is 3.30. The number of amides is 1. The minimum absolute atomic E-state index is 0.0243. The molecule has 22 heavy (non-hydrogen) atoms. The Morgan fingerprint density at radius 2 is 2.09 bits per heavy atom. The molecule has 2 aliphatic carbocycles. The standard InChI is InChI=1S/C19H22N2O/c1-14-4-2-5-15(12-14)13-19(9-10-19)20-18(22)17-6-3-11-21(17)16-7-8-16/h2-6,11-12,16H,7-10,13H2,1H3,(H,20,22). The Hall–Kier alpha value is -2.03. The Morgan fingerprint density at radius 3 is 2.77 bits per heavy atom. The van der Waals surface area contributed by atoms with Gasteiger partial charge in [-0.15, -0.1) is 0 Å². The highest BCUT2D eigenvalue weighted by molar-refractivity contribution is 5.93. The molecule has 4 rings (SSSR count). The molecule has 1 aromatic heterocycles. The first kappa shape index (κ1) is 13.6. The first-order chi connectivity index (χ1) is 10.7. The van der Waals surface area contributed by atoms with E-state index in [1.54, 1.807) is 0 Å². The predicted octanol–water partition coefficient (Wildman–Crippen LogP) is 3.64. The maximum Gasteiger partial charge on any atom is 0.268 e. The van der Waals surface area contributed by atoms with Gasteiger partial charge in [0.2, 0.25) is 0 Å². The van der Waals surface area contributed by atoms with E-state index in [1.165, 1.54) is 24.0 Å². The third kappa shape index (κ3) is 2.68. The lowest BCUT2D eigenvalue weighted by molar-refractivity contribution is 0.0922. The number of aromatic nitrogens is 1. The largest absolute Gasteiger partial charge is 0.345 e. The maximum atomic E-state index is 12.6. The highest BCUT2D eigenvalue weighted by Crippen LogP contribution is 2.40. The number of carbonyl (C=O) groups excluding carboxylic acids is 1. The Bertz CT molecular complexity index is 708.